The topological polar surface area (TPSA) is 166 Å². The number of carboxylic acid groups (broad SMARTS) is 1. The van der Waals surface area contributed by atoms with E-state index in [1.54, 1.807) is 0 Å². The van der Waals surface area contributed by atoms with E-state index in [1.165, 1.54) is 96.3 Å². The number of carbonyl (C=O) groups is 2. The summed E-state index contributed by atoms with van der Waals surface area (Å²) in [4.78, 5) is 31.8. The zero-order chi connectivity index (χ0) is 28.5. The first-order chi connectivity index (χ1) is 18.2. The number of esters is 1. The predicted molar refractivity (Wildman–Crippen MR) is 148 cm³/mol. The van der Waals surface area contributed by atoms with E-state index in [0.29, 0.717) is 6.42 Å². The number of hydrogen-bond donors (Lipinski definition) is 4. The van der Waals surface area contributed by atoms with E-state index < -0.39 is 45.1 Å². The van der Waals surface area contributed by atoms with Crippen LogP contribution in [-0.2, 0) is 27.9 Å². The van der Waals surface area contributed by atoms with Crippen LogP contribution < -0.4 is 5.73 Å². The van der Waals surface area contributed by atoms with E-state index in [-0.39, 0.29) is 13.0 Å². The summed E-state index contributed by atoms with van der Waals surface area (Å²) >= 11 is 0. The second kappa shape index (κ2) is 25.0. The molecule has 38 heavy (non-hydrogen) atoms. The molecule has 0 amide bonds. The number of ether oxygens (including phenoxy) is 1. The van der Waals surface area contributed by atoms with Gasteiger partial charge in [-0.05, 0) is 6.42 Å². The molecule has 0 fully saturated rings. The Hall–Kier alpha value is -1.03. The number of aliphatic carboxylic acids is 1. The maximum atomic E-state index is 11.8. The van der Waals surface area contributed by atoms with Crippen molar-refractivity contribution in [2.75, 3.05) is 19.8 Å². The molecule has 0 aliphatic carbocycles. The molecule has 0 aliphatic rings. The molecule has 0 aromatic carbocycles. The molecule has 0 saturated carbocycles. The number of phosphoric ester groups is 1. The van der Waals surface area contributed by atoms with E-state index in [0.717, 1.165) is 12.8 Å². The van der Waals surface area contributed by atoms with Gasteiger partial charge in [0.25, 0.3) is 0 Å². The highest BCUT2D eigenvalue weighted by molar-refractivity contribution is 7.47. The third-order valence-corrected chi connectivity index (χ3v) is 7.29. The van der Waals surface area contributed by atoms with E-state index >= 15 is 0 Å². The Bertz CT molecular complexity index is 636. The molecule has 11 heteroatoms. The Morgan fingerprint density at radius 1 is 0.711 bits per heavy atom. The summed E-state index contributed by atoms with van der Waals surface area (Å²) in [6.45, 7) is 0.525. The first kappa shape index (κ1) is 37.0. The van der Waals surface area contributed by atoms with Gasteiger partial charge in [0.2, 0.25) is 0 Å². The predicted octanol–water partition coefficient (Wildman–Crippen LogP) is 5.87. The highest BCUT2D eigenvalue weighted by Crippen LogP contribution is 2.43. The van der Waals surface area contributed by atoms with Gasteiger partial charge in [0, 0.05) is 6.42 Å². The number of aliphatic hydroxyl groups excluding tert-OH is 1. The van der Waals surface area contributed by atoms with Crippen LogP contribution in [0.3, 0.4) is 0 Å². The second-order valence-electron chi connectivity index (χ2n) is 10.1. The molecule has 0 aromatic heterocycles. The fourth-order valence-electron chi connectivity index (χ4n) is 3.94. The van der Waals surface area contributed by atoms with Crippen LogP contribution in [0.5, 0.6) is 0 Å². The molecular formula is C27H54NO9P. The van der Waals surface area contributed by atoms with Crippen molar-refractivity contribution in [1.29, 1.82) is 0 Å². The van der Waals surface area contributed by atoms with E-state index in [2.05, 4.69) is 16.0 Å². The molecule has 5 N–H and O–H groups in total. The van der Waals surface area contributed by atoms with E-state index in [1.807, 2.05) is 0 Å². The molecule has 0 aromatic rings. The molecule has 0 heterocycles. The molecule has 0 bridgehead atoms. The molecule has 3 unspecified atom stereocenters. The molecule has 0 radical (unpaired) electrons. The number of nitrogens with two attached hydrogens (primary N) is 1. The van der Waals surface area contributed by atoms with Crippen molar-refractivity contribution < 1.29 is 43.0 Å². The van der Waals surface area contributed by atoms with Gasteiger partial charge in [-0.3, -0.25) is 18.6 Å². The van der Waals surface area contributed by atoms with Crippen molar-refractivity contribution in [3.8, 4) is 0 Å². The van der Waals surface area contributed by atoms with Crippen LogP contribution in [-0.4, -0.2) is 59.0 Å². The quantitative estimate of drug-likeness (QED) is 0.0510. The monoisotopic (exact) mass is 567 g/mol. The number of hydrogen-bond acceptors (Lipinski definition) is 8. The summed E-state index contributed by atoms with van der Waals surface area (Å²) in [5.41, 5.74) is 5.16. The van der Waals surface area contributed by atoms with Gasteiger partial charge in [0.15, 0.2) is 0 Å². The number of unbranched alkanes of at least 4 members (excludes halogenated alkanes) is 17. The summed E-state index contributed by atoms with van der Waals surface area (Å²) in [5.74, 6) is -1.84. The first-order valence-corrected chi connectivity index (χ1v) is 16.1. The van der Waals surface area contributed by atoms with Gasteiger partial charge in [-0.2, -0.15) is 0 Å². The van der Waals surface area contributed by atoms with Crippen molar-refractivity contribution in [2.24, 2.45) is 5.73 Å². The van der Waals surface area contributed by atoms with Gasteiger partial charge in [0.05, 0.1) is 13.2 Å². The van der Waals surface area contributed by atoms with Gasteiger partial charge < -0.3 is 25.6 Å². The standard InChI is InChI=1S/C27H54NO9P/c1-2-3-4-5-6-7-8-9-10-11-12-13-14-15-16-17-18-19-20-26(30)35-21-24(29)22-36-38(33,34)37-23-25(28)27(31)32/h24-25,29H,2-23,28H2,1H3,(H,31,32)(H,33,34). The van der Waals surface area contributed by atoms with Gasteiger partial charge in [-0.15, -0.1) is 0 Å². The van der Waals surface area contributed by atoms with Crippen LogP contribution in [0, 0.1) is 0 Å². The number of carbonyl (C=O) groups excluding carboxylic acids is 1. The SMILES string of the molecule is CCCCCCCCCCCCCCCCCCCCC(=O)OCC(O)COP(=O)(O)OCC(N)C(=O)O. The number of carboxylic acids is 1. The summed E-state index contributed by atoms with van der Waals surface area (Å²) in [7, 11) is -4.58. The summed E-state index contributed by atoms with van der Waals surface area (Å²) in [5, 5.41) is 18.4. The second-order valence-corrected chi connectivity index (χ2v) is 11.6. The van der Waals surface area contributed by atoms with Crippen LogP contribution in [0.1, 0.15) is 129 Å². The lowest BCUT2D eigenvalue weighted by atomic mass is 10.0. The van der Waals surface area contributed by atoms with E-state index in [4.69, 9.17) is 15.6 Å². The molecule has 0 saturated heterocycles. The number of aliphatic hydroxyl groups is 1. The van der Waals surface area contributed by atoms with Crippen molar-refractivity contribution in [2.45, 2.75) is 141 Å². The zero-order valence-electron chi connectivity index (χ0n) is 23.5. The Labute approximate surface area is 229 Å². The third-order valence-electron chi connectivity index (χ3n) is 6.34. The zero-order valence-corrected chi connectivity index (χ0v) is 24.4. The van der Waals surface area contributed by atoms with Crippen LogP contribution in [0.4, 0.5) is 0 Å². The van der Waals surface area contributed by atoms with Crippen molar-refractivity contribution in [1.82, 2.24) is 0 Å². The lowest BCUT2D eigenvalue weighted by Crippen LogP contribution is -2.34. The molecule has 10 nitrogen and oxygen atoms in total. The minimum atomic E-state index is -4.58. The van der Waals surface area contributed by atoms with Crippen LogP contribution >= 0.6 is 7.82 Å². The van der Waals surface area contributed by atoms with Gasteiger partial charge in [-0.25, -0.2) is 4.57 Å². The normalized spacial score (nSPS) is 14.6. The lowest BCUT2D eigenvalue weighted by molar-refractivity contribution is -0.147. The molecule has 0 spiro atoms. The van der Waals surface area contributed by atoms with Crippen LogP contribution in [0.25, 0.3) is 0 Å². The van der Waals surface area contributed by atoms with Crippen molar-refractivity contribution in [3.05, 3.63) is 0 Å². The number of rotatable bonds is 28. The van der Waals surface area contributed by atoms with Gasteiger partial charge in [-0.1, -0.05) is 116 Å². The minimum absolute atomic E-state index is 0.251. The number of phosphoric acid groups is 1. The van der Waals surface area contributed by atoms with Gasteiger partial charge >= 0.3 is 19.8 Å². The average molecular weight is 568 g/mol. The maximum absolute atomic E-state index is 11.8. The summed E-state index contributed by atoms with van der Waals surface area (Å²) in [6.07, 6.45) is 21.8. The Balaban J connectivity index is 3.48. The van der Waals surface area contributed by atoms with Gasteiger partial charge in [0.1, 0.15) is 18.8 Å². The largest absolute Gasteiger partial charge is 0.480 e. The highest BCUT2D eigenvalue weighted by atomic mass is 31.2. The summed E-state index contributed by atoms with van der Waals surface area (Å²) < 4.78 is 25.6. The average Bonchev–Trinajstić information content (AvgIpc) is 2.88. The highest BCUT2D eigenvalue weighted by Gasteiger charge is 2.26. The molecule has 226 valence electrons. The smallest absolute Gasteiger partial charge is 0.472 e. The molecule has 0 aliphatic heterocycles. The third kappa shape index (κ3) is 25.3. The summed E-state index contributed by atoms with van der Waals surface area (Å²) in [6, 6.07) is -1.48. The molecule has 3 atom stereocenters. The first-order valence-electron chi connectivity index (χ1n) is 14.6. The minimum Gasteiger partial charge on any atom is -0.480 e. The van der Waals surface area contributed by atoms with E-state index in [9.17, 15) is 24.2 Å². The van der Waals surface area contributed by atoms with Crippen molar-refractivity contribution in [3.63, 3.8) is 0 Å². The van der Waals surface area contributed by atoms with Crippen LogP contribution in [0.2, 0.25) is 0 Å². The molecular weight excluding hydrogens is 513 g/mol. The Morgan fingerprint density at radius 2 is 1.11 bits per heavy atom. The molecule has 0 rings (SSSR count). The Kier molecular flexibility index (Phi) is 24.3. The Morgan fingerprint density at radius 3 is 1.53 bits per heavy atom. The van der Waals surface area contributed by atoms with Crippen LogP contribution in [0.15, 0.2) is 0 Å². The lowest BCUT2D eigenvalue weighted by Gasteiger charge is -2.16. The fraction of sp³-hybridized carbons (Fsp3) is 0.926. The maximum Gasteiger partial charge on any atom is 0.472 e. The van der Waals surface area contributed by atoms with Crippen molar-refractivity contribution >= 4 is 19.8 Å². The fourth-order valence-corrected chi connectivity index (χ4v) is 4.73.